The van der Waals surface area contributed by atoms with E-state index in [0.29, 0.717) is 0 Å². The number of carbonyl (C=O) groups excluding carboxylic acids is 1. The van der Waals surface area contributed by atoms with E-state index < -0.39 is 41.6 Å². The van der Waals surface area contributed by atoms with E-state index in [1.54, 1.807) is 0 Å². The lowest BCUT2D eigenvalue weighted by atomic mass is 9.97. The highest BCUT2D eigenvalue weighted by Crippen LogP contribution is 2.31. The van der Waals surface area contributed by atoms with Gasteiger partial charge in [0.05, 0.1) is 30.3 Å². The van der Waals surface area contributed by atoms with Gasteiger partial charge in [-0.25, -0.2) is 4.79 Å². The van der Waals surface area contributed by atoms with Crippen molar-refractivity contribution >= 4 is 11.7 Å². The number of carbonyl (C=O) groups is 1. The smallest absolute Gasteiger partial charge is 0.338 e. The Hall–Kier alpha value is -4.45. The molecular weight excluding hydrogens is 578 g/mol. The number of hydrogen-bond donors (Lipinski definition) is 0. The van der Waals surface area contributed by atoms with Crippen LogP contribution in [0.3, 0.4) is 0 Å². The number of ether oxygens (including phenoxy) is 6. The zero-order valence-corrected chi connectivity index (χ0v) is 24.8. The van der Waals surface area contributed by atoms with E-state index in [-0.39, 0.29) is 37.7 Å². The van der Waals surface area contributed by atoms with Crippen LogP contribution in [0.4, 0.5) is 5.69 Å². The summed E-state index contributed by atoms with van der Waals surface area (Å²) in [5, 5.41) is 11.0. The van der Waals surface area contributed by atoms with Crippen LogP contribution < -0.4 is 0 Å². The highest BCUT2D eigenvalue weighted by atomic mass is 16.7. The highest BCUT2D eigenvalue weighted by molar-refractivity contribution is 5.89. The van der Waals surface area contributed by atoms with Gasteiger partial charge in [0.2, 0.25) is 0 Å². The maximum absolute atomic E-state index is 12.9. The number of nitrogens with zero attached hydrogens (tertiary/aromatic N) is 1. The summed E-state index contributed by atoms with van der Waals surface area (Å²) in [6, 6.07) is 34.4. The van der Waals surface area contributed by atoms with Crippen molar-refractivity contribution in [2.75, 3.05) is 13.7 Å². The van der Waals surface area contributed by atoms with Crippen LogP contribution in [0, 0.1) is 10.1 Å². The lowest BCUT2D eigenvalue weighted by Gasteiger charge is -2.45. The van der Waals surface area contributed by atoms with Gasteiger partial charge < -0.3 is 28.4 Å². The predicted molar refractivity (Wildman–Crippen MR) is 164 cm³/mol. The first-order chi connectivity index (χ1) is 22.0. The molecule has 1 aliphatic heterocycles. The fourth-order valence-electron chi connectivity index (χ4n) is 5.03. The Balaban J connectivity index is 1.40. The molecule has 1 fully saturated rings. The van der Waals surface area contributed by atoms with E-state index in [1.165, 1.54) is 31.4 Å². The summed E-state index contributed by atoms with van der Waals surface area (Å²) in [4.78, 5) is 23.4. The number of hydrogen-bond acceptors (Lipinski definition) is 9. The minimum absolute atomic E-state index is 0.126. The van der Waals surface area contributed by atoms with Gasteiger partial charge in [-0.15, -0.1) is 0 Å². The molecule has 45 heavy (non-hydrogen) atoms. The maximum Gasteiger partial charge on any atom is 0.338 e. The molecule has 0 unspecified atom stereocenters. The molecule has 10 heteroatoms. The molecule has 0 bridgehead atoms. The van der Waals surface area contributed by atoms with Crippen molar-refractivity contribution in [3.8, 4) is 0 Å². The van der Waals surface area contributed by atoms with Gasteiger partial charge in [-0.3, -0.25) is 10.1 Å². The van der Waals surface area contributed by atoms with Gasteiger partial charge in [0.25, 0.3) is 5.69 Å². The lowest BCUT2D eigenvalue weighted by Crippen LogP contribution is -2.61. The standard InChI is InChI=1S/C35H35NO9/c1-40-35-33(43-23-27-15-9-4-10-16-27)32(42-22-26-13-7-3-8-14-26)31(41-21-25-11-5-2-6-12-25)30(45-35)24-44-34(37)28-17-19-29(20-18-28)36(38)39/h2-20,30-33,35H,21-24H2,1H3/t30-,31+,32+,33-,35-/m1/s1. The Morgan fingerprint density at radius 2 is 1.16 bits per heavy atom. The van der Waals surface area contributed by atoms with Gasteiger partial charge in [-0.2, -0.15) is 0 Å². The Labute approximate surface area is 261 Å². The van der Waals surface area contributed by atoms with Gasteiger partial charge in [0, 0.05) is 19.2 Å². The second-order valence-electron chi connectivity index (χ2n) is 10.5. The van der Waals surface area contributed by atoms with Gasteiger partial charge in [-0.05, 0) is 28.8 Å². The van der Waals surface area contributed by atoms with Crippen LogP contribution >= 0.6 is 0 Å². The molecule has 1 saturated heterocycles. The molecule has 0 radical (unpaired) electrons. The molecule has 5 rings (SSSR count). The van der Waals surface area contributed by atoms with E-state index >= 15 is 0 Å². The number of non-ortho nitro benzene ring substituents is 1. The molecule has 1 heterocycles. The Morgan fingerprint density at radius 1 is 0.689 bits per heavy atom. The summed E-state index contributed by atoms with van der Waals surface area (Å²) in [7, 11) is 1.52. The average molecular weight is 614 g/mol. The van der Waals surface area contributed by atoms with Crippen molar-refractivity contribution in [1.29, 1.82) is 0 Å². The van der Waals surface area contributed by atoms with Crippen molar-refractivity contribution in [3.05, 3.63) is 148 Å². The first-order valence-electron chi connectivity index (χ1n) is 14.6. The summed E-state index contributed by atoms with van der Waals surface area (Å²) in [5.74, 6) is -0.659. The molecule has 0 N–H and O–H groups in total. The van der Waals surface area contributed by atoms with Crippen LogP contribution in [0.2, 0.25) is 0 Å². The fourth-order valence-corrected chi connectivity index (χ4v) is 5.03. The number of methoxy groups -OCH3 is 1. The third kappa shape index (κ3) is 8.81. The summed E-state index contributed by atoms with van der Waals surface area (Å²) < 4.78 is 37.2. The molecule has 5 atom stereocenters. The molecule has 0 amide bonds. The number of nitro groups is 1. The summed E-state index contributed by atoms with van der Waals surface area (Å²) in [5.41, 5.74) is 2.91. The van der Waals surface area contributed by atoms with Gasteiger partial charge >= 0.3 is 5.97 Å². The van der Waals surface area contributed by atoms with Crippen LogP contribution in [0.5, 0.6) is 0 Å². The summed E-state index contributed by atoms with van der Waals surface area (Å²) in [6.45, 7) is 0.612. The molecule has 4 aromatic carbocycles. The van der Waals surface area contributed by atoms with Crippen molar-refractivity contribution < 1.29 is 38.1 Å². The van der Waals surface area contributed by atoms with Gasteiger partial charge in [0.15, 0.2) is 6.29 Å². The Kier molecular flexibility index (Phi) is 11.4. The summed E-state index contributed by atoms with van der Waals surface area (Å²) >= 11 is 0. The summed E-state index contributed by atoms with van der Waals surface area (Å²) in [6.07, 6.45) is -3.77. The lowest BCUT2D eigenvalue weighted by molar-refractivity contribution is -0.384. The van der Waals surface area contributed by atoms with Crippen LogP contribution in [0.25, 0.3) is 0 Å². The minimum atomic E-state index is -0.867. The van der Waals surface area contributed by atoms with Crippen LogP contribution in [-0.2, 0) is 48.2 Å². The van der Waals surface area contributed by atoms with Crippen LogP contribution in [0.1, 0.15) is 27.0 Å². The van der Waals surface area contributed by atoms with Crippen LogP contribution in [-0.4, -0.2) is 55.3 Å². The molecule has 0 aromatic heterocycles. The molecule has 10 nitrogen and oxygen atoms in total. The van der Waals surface area contributed by atoms with Crippen molar-refractivity contribution in [2.45, 2.75) is 50.5 Å². The second-order valence-corrected chi connectivity index (χ2v) is 10.5. The zero-order chi connectivity index (χ0) is 31.4. The maximum atomic E-state index is 12.9. The van der Waals surface area contributed by atoms with Crippen molar-refractivity contribution in [2.24, 2.45) is 0 Å². The number of benzene rings is 4. The first kappa shape index (κ1) is 32.0. The van der Waals surface area contributed by atoms with Crippen LogP contribution in [0.15, 0.2) is 115 Å². The van der Waals surface area contributed by atoms with E-state index in [9.17, 15) is 14.9 Å². The van der Waals surface area contributed by atoms with Crippen molar-refractivity contribution in [1.82, 2.24) is 0 Å². The SMILES string of the molecule is CO[C@@H]1O[C@H](COC(=O)c2ccc([N+](=O)[O-])cc2)[C@H](OCc2ccccc2)[C@H](OCc2ccccc2)[C@H]1OCc1ccccc1. The van der Waals surface area contributed by atoms with E-state index in [2.05, 4.69) is 0 Å². The fraction of sp³-hybridized carbons (Fsp3) is 0.286. The molecule has 4 aromatic rings. The average Bonchev–Trinajstić information content (AvgIpc) is 3.09. The van der Waals surface area contributed by atoms with Gasteiger partial charge in [0.1, 0.15) is 31.0 Å². The minimum Gasteiger partial charge on any atom is -0.459 e. The second kappa shape index (κ2) is 16.0. The number of nitro benzene ring substituents is 1. The van der Waals surface area contributed by atoms with E-state index in [1.807, 2.05) is 91.0 Å². The Morgan fingerprint density at radius 3 is 1.62 bits per heavy atom. The zero-order valence-electron chi connectivity index (χ0n) is 24.8. The number of rotatable bonds is 14. The molecule has 234 valence electrons. The van der Waals surface area contributed by atoms with Crippen molar-refractivity contribution in [3.63, 3.8) is 0 Å². The van der Waals surface area contributed by atoms with Gasteiger partial charge in [-0.1, -0.05) is 91.0 Å². The first-order valence-corrected chi connectivity index (χ1v) is 14.6. The normalized spacial score (nSPS) is 21.2. The molecule has 0 saturated carbocycles. The monoisotopic (exact) mass is 613 g/mol. The Bertz CT molecular complexity index is 1490. The molecule has 1 aliphatic rings. The van der Waals surface area contributed by atoms with E-state index in [4.69, 9.17) is 28.4 Å². The number of esters is 1. The largest absolute Gasteiger partial charge is 0.459 e. The quantitative estimate of drug-likeness (QED) is 0.0977. The molecule has 0 aliphatic carbocycles. The third-order valence-corrected chi connectivity index (χ3v) is 7.37. The third-order valence-electron chi connectivity index (χ3n) is 7.37. The molecular formula is C35H35NO9. The topological polar surface area (TPSA) is 116 Å². The predicted octanol–water partition coefficient (Wildman–Crippen LogP) is 5.88. The molecule has 0 spiro atoms. The van der Waals surface area contributed by atoms with E-state index in [0.717, 1.165) is 16.7 Å². The highest BCUT2D eigenvalue weighted by Gasteiger charge is 2.49.